The molecule has 0 bridgehead atoms. The Bertz CT molecular complexity index is 928. The highest BCUT2D eigenvalue weighted by Gasteiger charge is 2.24. The Morgan fingerprint density at radius 3 is 2.66 bits per heavy atom. The number of carbonyl (C=O) groups is 1. The van der Waals surface area contributed by atoms with E-state index in [1.807, 2.05) is 24.0 Å². The van der Waals surface area contributed by atoms with E-state index < -0.39 is 10.8 Å². The summed E-state index contributed by atoms with van der Waals surface area (Å²) >= 11 is 5.21. The molecule has 1 amide bonds. The van der Waals surface area contributed by atoms with Crippen molar-refractivity contribution in [2.45, 2.75) is 19.8 Å². The van der Waals surface area contributed by atoms with Gasteiger partial charge < -0.3 is 15.0 Å². The summed E-state index contributed by atoms with van der Waals surface area (Å²) in [5, 5.41) is 17.1. The largest absolute Gasteiger partial charge is 0.492 e. The molecule has 0 unspecified atom stereocenters. The van der Waals surface area contributed by atoms with E-state index >= 15 is 0 Å². The number of rotatable bonds is 6. The molecule has 2 N–H and O–H groups in total. The van der Waals surface area contributed by atoms with Gasteiger partial charge in [-0.3, -0.25) is 20.2 Å². The van der Waals surface area contributed by atoms with Crippen LogP contribution in [0.4, 0.5) is 17.1 Å². The number of nitrogens with zero attached hydrogens (tertiary/aromatic N) is 2. The van der Waals surface area contributed by atoms with Crippen molar-refractivity contribution in [3.05, 3.63) is 58.1 Å². The number of amides is 1. The normalized spacial score (nSPS) is 13.1. The van der Waals surface area contributed by atoms with Gasteiger partial charge in [0.1, 0.15) is 11.4 Å². The maximum Gasteiger partial charge on any atom is 0.293 e. The highest BCUT2D eigenvalue weighted by Crippen LogP contribution is 2.31. The predicted molar refractivity (Wildman–Crippen MR) is 116 cm³/mol. The number of nitro benzene ring substituents is 1. The van der Waals surface area contributed by atoms with Crippen LogP contribution in [0.3, 0.4) is 0 Å². The molecule has 0 atom stereocenters. The van der Waals surface area contributed by atoms with Crippen molar-refractivity contribution in [1.82, 2.24) is 5.32 Å². The lowest BCUT2D eigenvalue weighted by Crippen LogP contribution is -2.34. The Hall–Kier alpha value is -3.20. The molecule has 0 aliphatic carbocycles. The molecule has 1 aliphatic rings. The van der Waals surface area contributed by atoms with Crippen LogP contribution in [0, 0.1) is 10.1 Å². The number of hydrogen-bond acceptors (Lipinski definition) is 6. The van der Waals surface area contributed by atoms with Crippen LogP contribution in [0.2, 0.25) is 0 Å². The molecule has 8 nitrogen and oxygen atoms in total. The van der Waals surface area contributed by atoms with Gasteiger partial charge in [-0.2, -0.15) is 0 Å². The number of ether oxygens (including phenoxy) is 1. The first-order valence-corrected chi connectivity index (χ1v) is 9.78. The summed E-state index contributed by atoms with van der Waals surface area (Å²) in [6.45, 7) is 3.92. The molecule has 1 heterocycles. The standard InChI is InChI=1S/C20H22N4O4S/c1-2-28-18-8-4-3-7-15(18)21-20(29)22-19(25)14-9-10-16(17(13-14)24(26)27)23-11-5-6-12-23/h3-4,7-10,13H,2,5-6,11-12H2,1H3,(H2,21,22,25,29). The smallest absolute Gasteiger partial charge is 0.293 e. The number of nitrogens with one attached hydrogen (secondary N) is 2. The third-order valence-corrected chi connectivity index (χ3v) is 4.75. The molecule has 0 spiro atoms. The van der Waals surface area contributed by atoms with E-state index in [2.05, 4.69) is 10.6 Å². The lowest BCUT2D eigenvalue weighted by atomic mass is 10.1. The average molecular weight is 414 g/mol. The molecule has 9 heteroatoms. The van der Waals surface area contributed by atoms with E-state index in [0.29, 0.717) is 23.7 Å². The van der Waals surface area contributed by atoms with Crippen LogP contribution in [-0.2, 0) is 0 Å². The molecule has 0 radical (unpaired) electrons. The topological polar surface area (TPSA) is 96.7 Å². The zero-order chi connectivity index (χ0) is 20.8. The number of thiocarbonyl (C=S) groups is 1. The molecule has 3 rings (SSSR count). The summed E-state index contributed by atoms with van der Waals surface area (Å²) in [5.41, 5.74) is 1.24. The van der Waals surface area contributed by atoms with Crippen LogP contribution < -0.4 is 20.3 Å². The molecule has 2 aromatic carbocycles. The quantitative estimate of drug-likeness (QED) is 0.422. The Balaban J connectivity index is 1.72. The van der Waals surface area contributed by atoms with Gasteiger partial charge in [-0.1, -0.05) is 12.1 Å². The first kappa shape index (κ1) is 20.5. The van der Waals surface area contributed by atoms with Gasteiger partial charge in [0.05, 0.1) is 17.2 Å². The van der Waals surface area contributed by atoms with E-state index in [-0.39, 0.29) is 16.4 Å². The molecule has 1 fully saturated rings. The Labute approximate surface area is 174 Å². The fraction of sp³-hybridized carbons (Fsp3) is 0.300. The minimum absolute atomic E-state index is 0.0772. The number of hydrogen-bond donors (Lipinski definition) is 2. The van der Waals surface area contributed by atoms with Gasteiger partial charge in [-0.25, -0.2) is 0 Å². The second-order valence-electron chi connectivity index (χ2n) is 6.49. The summed E-state index contributed by atoms with van der Waals surface area (Å²) in [7, 11) is 0. The highest BCUT2D eigenvalue weighted by molar-refractivity contribution is 7.80. The van der Waals surface area contributed by atoms with Gasteiger partial charge in [0.25, 0.3) is 11.6 Å². The van der Waals surface area contributed by atoms with Gasteiger partial charge in [0.2, 0.25) is 0 Å². The average Bonchev–Trinajstić information content (AvgIpc) is 3.23. The van der Waals surface area contributed by atoms with Crippen molar-refractivity contribution in [2.75, 3.05) is 29.9 Å². The molecule has 0 aromatic heterocycles. The first-order chi connectivity index (χ1) is 14.0. The number of para-hydroxylation sites is 2. The first-order valence-electron chi connectivity index (χ1n) is 9.37. The fourth-order valence-corrected chi connectivity index (χ4v) is 3.42. The van der Waals surface area contributed by atoms with E-state index in [0.717, 1.165) is 25.9 Å². The summed E-state index contributed by atoms with van der Waals surface area (Å²) in [4.78, 5) is 25.6. The van der Waals surface area contributed by atoms with Gasteiger partial charge in [0, 0.05) is 24.7 Å². The molecule has 0 saturated carbocycles. The maximum absolute atomic E-state index is 12.6. The fourth-order valence-electron chi connectivity index (χ4n) is 3.22. The van der Waals surface area contributed by atoms with Crippen molar-refractivity contribution in [3.63, 3.8) is 0 Å². The van der Waals surface area contributed by atoms with Crippen molar-refractivity contribution < 1.29 is 14.5 Å². The summed E-state index contributed by atoms with van der Waals surface area (Å²) in [5.74, 6) is 0.0877. The lowest BCUT2D eigenvalue weighted by molar-refractivity contribution is -0.384. The molecular formula is C20H22N4O4S. The second-order valence-corrected chi connectivity index (χ2v) is 6.90. The third-order valence-electron chi connectivity index (χ3n) is 4.54. The highest BCUT2D eigenvalue weighted by atomic mass is 32.1. The Morgan fingerprint density at radius 2 is 1.97 bits per heavy atom. The van der Waals surface area contributed by atoms with E-state index in [1.165, 1.54) is 6.07 Å². The van der Waals surface area contributed by atoms with Gasteiger partial charge >= 0.3 is 0 Å². The van der Waals surface area contributed by atoms with E-state index in [4.69, 9.17) is 17.0 Å². The van der Waals surface area contributed by atoms with Crippen LogP contribution in [0.1, 0.15) is 30.1 Å². The molecule has 1 aliphatic heterocycles. The van der Waals surface area contributed by atoms with E-state index in [1.54, 1.807) is 24.3 Å². The van der Waals surface area contributed by atoms with Crippen LogP contribution in [0.25, 0.3) is 0 Å². The SMILES string of the molecule is CCOc1ccccc1NC(=S)NC(=O)c1ccc(N2CCCC2)c([N+](=O)[O-])c1. The number of anilines is 2. The summed E-state index contributed by atoms with van der Waals surface area (Å²) in [6, 6.07) is 11.7. The molecular weight excluding hydrogens is 392 g/mol. The molecule has 1 saturated heterocycles. The van der Waals surface area contributed by atoms with Crippen LogP contribution >= 0.6 is 12.2 Å². The minimum Gasteiger partial charge on any atom is -0.492 e. The molecule has 152 valence electrons. The minimum atomic E-state index is -0.521. The molecule has 2 aromatic rings. The third kappa shape index (κ3) is 5.00. The van der Waals surface area contributed by atoms with Gasteiger partial charge in [-0.05, 0) is 56.2 Å². The lowest BCUT2D eigenvalue weighted by Gasteiger charge is -2.18. The van der Waals surface area contributed by atoms with E-state index in [9.17, 15) is 14.9 Å². The zero-order valence-corrected chi connectivity index (χ0v) is 16.8. The maximum atomic E-state index is 12.6. The van der Waals surface area contributed by atoms with Crippen molar-refractivity contribution in [1.29, 1.82) is 0 Å². The predicted octanol–water partition coefficient (Wildman–Crippen LogP) is 3.72. The van der Waals surface area contributed by atoms with Crippen LogP contribution in [0.5, 0.6) is 5.75 Å². The van der Waals surface area contributed by atoms with Gasteiger partial charge in [0.15, 0.2) is 5.11 Å². The van der Waals surface area contributed by atoms with Gasteiger partial charge in [-0.15, -0.1) is 0 Å². The Morgan fingerprint density at radius 1 is 1.24 bits per heavy atom. The van der Waals surface area contributed by atoms with Crippen molar-refractivity contribution in [3.8, 4) is 5.75 Å². The molecule has 29 heavy (non-hydrogen) atoms. The number of carbonyl (C=O) groups excluding carboxylic acids is 1. The summed E-state index contributed by atoms with van der Waals surface area (Å²) in [6.07, 6.45) is 2.01. The van der Waals surface area contributed by atoms with Crippen LogP contribution in [0.15, 0.2) is 42.5 Å². The number of nitro groups is 1. The Kier molecular flexibility index (Phi) is 6.61. The van der Waals surface area contributed by atoms with Crippen molar-refractivity contribution in [2.24, 2.45) is 0 Å². The monoisotopic (exact) mass is 414 g/mol. The van der Waals surface area contributed by atoms with Crippen molar-refractivity contribution >= 4 is 40.3 Å². The van der Waals surface area contributed by atoms with Crippen LogP contribution in [-0.4, -0.2) is 35.6 Å². The second kappa shape index (κ2) is 9.33. The summed E-state index contributed by atoms with van der Waals surface area (Å²) < 4.78 is 5.52. The number of benzene rings is 2. The zero-order valence-electron chi connectivity index (χ0n) is 16.0.